The first-order chi connectivity index (χ1) is 14.9. The molecule has 8 heteroatoms. The predicted octanol–water partition coefficient (Wildman–Crippen LogP) is 3.22. The van der Waals surface area contributed by atoms with Crippen LogP contribution in [0.4, 0.5) is 0 Å². The highest BCUT2D eigenvalue weighted by Crippen LogP contribution is 2.15. The smallest absolute Gasteiger partial charge is 0.303 e. The van der Waals surface area contributed by atoms with E-state index < -0.39 is 5.97 Å². The van der Waals surface area contributed by atoms with Gasteiger partial charge in [0.25, 0.3) is 5.91 Å². The highest BCUT2D eigenvalue weighted by molar-refractivity contribution is 6.30. The molecule has 0 unspecified atom stereocenters. The van der Waals surface area contributed by atoms with Crippen molar-refractivity contribution < 1.29 is 24.2 Å². The van der Waals surface area contributed by atoms with Gasteiger partial charge in [-0.1, -0.05) is 11.6 Å². The third-order valence-electron chi connectivity index (χ3n) is 5.17. The van der Waals surface area contributed by atoms with Gasteiger partial charge in [0.05, 0.1) is 6.42 Å². The summed E-state index contributed by atoms with van der Waals surface area (Å²) >= 11 is 5.88. The fourth-order valence-electron chi connectivity index (χ4n) is 3.34. The van der Waals surface area contributed by atoms with E-state index in [1.807, 2.05) is 4.90 Å². The second kappa shape index (κ2) is 10.9. The molecule has 2 aromatic carbocycles. The van der Waals surface area contributed by atoms with Crippen LogP contribution in [0.2, 0.25) is 5.02 Å². The van der Waals surface area contributed by atoms with Crippen molar-refractivity contribution in [2.24, 2.45) is 0 Å². The monoisotopic (exact) mass is 444 g/mol. The van der Waals surface area contributed by atoms with E-state index >= 15 is 0 Å². The number of ether oxygens (including phenoxy) is 1. The number of carbonyl (C=O) groups is 3. The SMILES string of the molecule is O=C(O)CCC(=O)c1ccc(OCCN2CCN(C(=O)c3ccc(Cl)cc3)CC2)cc1. The maximum atomic E-state index is 12.6. The summed E-state index contributed by atoms with van der Waals surface area (Å²) in [6.45, 7) is 4.11. The van der Waals surface area contributed by atoms with E-state index in [2.05, 4.69) is 4.90 Å². The quantitative estimate of drug-likeness (QED) is 0.597. The predicted molar refractivity (Wildman–Crippen MR) is 117 cm³/mol. The lowest BCUT2D eigenvalue weighted by molar-refractivity contribution is -0.136. The second-order valence-electron chi connectivity index (χ2n) is 7.33. The van der Waals surface area contributed by atoms with Crippen LogP contribution in [0.1, 0.15) is 33.6 Å². The van der Waals surface area contributed by atoms with E-state index in [-0.39, 0.29) is 24.5 Å². The average Bonchev–Trinajstić information content (AvgIpc) is 2.78. The fourth-order valence-corrected chi connectivity index (χ4v) is 3.47. The van der Waals surface area contributed by atoms with Gasteiger partial charge in [-0.3, -0.25) is 19.3 Å². The molecule has 31 heavy (non-hydrogen) atoms. The molecule has 0 saturated carbocycles. The first-order valence-corrected chi connectivity index (χ1v) is 10.6. The van der Waals surface area contributed by atoms with Crippen LogP contribution >= 0.6 is 11.6 Å². The highest BCUT2D eigenvalue weighted by atomic mass is 35.5. The van der Waals surface area contributed by atoms with Crippen LogP contribution < -0.4 is 4.74 Å². The van der Waals surface area contributed by atoms with E-state index in [9.17, 15) is 14.4 Å². The fraction of sp³-hybridized carbons (Fsp3) is 0.348. The molecule has 164 valence electrons. The molecule has 3 rings (SSSR count). The van der Waals surface area contributed by atoms with Gasteiger partial charge in [0.1, 0.15) is 12.4 Å². The summed E-state index contributed by atoms with van der Waals surface area (Å²) in [5.41, 5.74) is 1.13. The minimum Gasteiger partial charge on any atom is -0.492 e. The number of amides is 1. The maximum absolute atomic E-state index is 12.6. The van der Waals surface area contributed by atoms with Crippen LogP contribution in [0.3, 0.4) is 0 Å². The number of Topliss-reactive ketones (excluding diaryl/α,β-unsaturated/α-hetero) is 1. The van der Waals surface area contributed by atoms with E-state index in [0.717, 1.165) is 19.6 Å². The summed E-state index contributed by atoms with van der Waals surface area (Å²) < 4.78 is 5.76. The molecule has 0 spiro atoms. The zero-order valence-corrected chi connectivity index (χ0v) is 17.9. The standard InChI is InChI=1S/C23H25ClN2O5/c24-19-5-1-18(2-6-19)23(30)26-13-11-25(12-14-26)15-16-31-20-7-3-17(4-8-20)21(27)9-10-22(28)29/h1-8H,9-16H2,(H,28,29). The first-order valence-electron chi connectivity index (χ1n) is 10.2. The largest absolute Gasteiger partial charge is 0.492 e. The summed E-state index contributed by atoms with van der Waals surface area (Å²) in [6.07, 6.45) is -0.183. The van der Waals surface area contributed by atoms with Crippen LogP contribution in [0.5, 0.6) is 5.75 Å². The number of rotatable bonds is 9. The molecule has 7 nitrogen and oxygen atoms in total. The Kier molecular flexibility index (Phi) is 8.03. The Bertz CT molecular complexity index is 907. The third kappa shape index (κ3) is 6.80. The molecular weight excluding hydrogens is 420 g/mol. The molecule has 1 amide bonds. The first kappa shape index (κ1) is 22.8. The summed E-state index contributed by atoms with van der Waals surface area (Å²) in [5, 5.41) is 9.27. The zero-order valence-electron chi connectivity index (χ0n) is 17.1. The van der Waals surface area contributed by atoms with E-state index in [0.29, 0.717) is 41.6 Å². The Morgan fingerprint density at radius 2 is 1.48 bits per heavy atom. The normalized spacial score (nSPS) is 14.3. The summed E-state index contributed by atoms with van der Waals surface area (Å²) in [4.78, 5) is 39.1. The van der Waals surface area contributed by atoms with Crippen LogP contribution in [0.25, 0.3) is 0 Å². The molecule has 1 N–H and O–H groups in total. The molecule has 1 saturated heterocycles. The van der Waals surface area contributed by atoms with Gasteiger partial charge in [0.15, 0.2) is 5.78 Å². The Hall–Kier alpha value is -2.90. The molecule has 0 radical (unpaired) electrons. The number of halogens is 1. The van der Waals surface area contributed by atoms with Crippen molar-refractivity contribution in [3.63, 3.8) is 0 Å². The minimum absolute atomic E-state index is 0.0119. The van der Waals surface area contributed by atoms with E-state index in [1.165, 1.54) is 0 Å². The van der Waals surface area contributed by atoms with Crippen molar-refractivity contribution in [1.29, 1.82) is 0 Å². The third-order valence-corrected chi connectivity index (χ3v) is 5.42. The summed E-state index contributed by atoms with van der Waals surface area (Å²) in [6, 6.07) is 13.7. The number of hydrogen-bond acceptors (Lipinski definition) is 5. The van der Waals surface area contributed by atoms with E-state index in [4.69, 9.17) is 21.4 Å². The average molecular weight is 445 g/mol. The molecule has 1 aliphatic heterocycles. The Labute approximate surface area is 186 Å². The lowest BCUT2D eigenvalue weighted by Crippen LogP contribution is -2.49. The highest BCUT2D eigenvalue weighted by Gasteiger charge is 2.22. The van der Waals surface area contributed by atoms with Crippen LogP contribution in [-0.2, 0) is 4.79 Å². The number of carboxylic acid groups (broad SMARTS) is 1. The molecule has 0 atom stereocenters. The summed E-state index contributed by atoms with van der Waals surface area (Å²) in [7, 11) is 0. The zero-order chi connectivity index (χ0) is 22.2. The molecule has 0 bridgehead atoms. The van der Waals surface area contributed by atoms with Crippen molar-refractivity contribution in [1.82, 2.24) is 9.80 Å². The lowest BCUT2D eigenvalue weighted by Gasteiger charge is -2.34. The Morgan fingerprint density at radius 1 is 0.871 bits per heavy atom. The van der Waals surface area contributed by atoms with Crippen LogP contribution in [0.15, 0.2) is 48.5 Å². The number of nitrogens with zero attached hydrogens (tertiary/aromatic N) is 2. The number of hydrogen-bond donors (Lipinski definition) is 1. The number of benzene rings is 2. The van der Waals surface area contributed by atoms with Crippen LogP contribution in [0, 0.1) is 0 Å². The molecule has 0 aromatic heterocycles. The number of aliphatic carboxylic acids is 1. The van der Waals surface area contributed by atoms with Gasteiger partial charge < -0.3 is 14.7 Å². The molecule has 1 aliphatic rings. The van der Waals surface area contributed by atoms with Crippen molar-refractivity contribution in [2.75, 3.05) is 39.3 Å². The van der Waals surface area contributed by atoms with Crippen LogP contribution in [-0.4, -0.2) is 71.9 Å². The van der Waals surface area contributed by atoms with Gasteiger partial charge in [0, 0.05) is 55.3 Å². The molecule has 1 fully saturated rings. The van der Waals surface area contributed by atoms with Crippen molar-refractivity contribution in [3.8, 4) is 5.75 Å². The molecule has 1 heterocycles. The van der Waals surface area contributed by atoms with Gasteiger partial charge in [-0.05, 0) is 48.5 Å². The second-order valence-corrected chi connectivity index (χ2v) is 7.77. The van der Waals surface area contributed by atoms with Gasteiger partial charge in [0.2, 0.25) is 0 Å². The maximum Gasteiger partial charge on any atom is 0.303 e. The molecular formula is C23H25ClN2O5. The Balaban J connectivity index is 1.38. The van der Waals surface area contributed by atoms with Gasteiger partial charge in [-0.25, -0.2) is 0 Å². The van der Waals surface area contributed by atoms with E-state index in [1.54, 1.807) is 48.5 Å². The number of carboxylic acids is 1. The van der Waals surface area contributed by atoms with Gasteiger partial charge in [-0.2, -0.15) is 0 Å². The number of piperazine rings is 1. The van der Waals surface area contributed by atoms with Crippen molar-refractivity contribution >= 4 is 29.3 Å². The minimum atomic E-state index is -0.983. The van der Waals surface area contributed by atoms with Gasteiger partial charge in [-0.15, -0.1) is 0 Å². The van der Waals surface area contributed by atoms with Crippen molar-refractivity contribution in [2.45, 2.75) is 12.8 Å². The topological polar surface area (TPSA) is 87.1 Å². The molecule has 0 aliphatic carbocycles. The number of carbonyl (C=O) groups excluding carboxylic acids is 2. The Morgan fingerprint density at radius 3 is 2.10 bits per heavy atom. The lowest BCUT2D eigenvalue weighted by atomic mass is 10.1. The van der Waals surface area contributed by atoms with Gasteiger partial charge >= 0.3 is 5.97 Å². The molecule has 2 aromatic rings. The number of ketones is 1. The summed E-state index contributed by atoms with van der Waals surface area (Å²) in [5.74, 6) is -0.500. The van der Waals surface area contributed by atoms with Crippen molar-refractivity contribution in [3.05, 3.63) is 64.7 Å².